The number of fused-ring (bicyclic) bond motifs is 1. The number of hydrogen-bond acceptors (Lipinski definition) is 3. The third kappa shape index (κ3) is 3.50. The summed E-state index contributed by atoms with van der Waals surface area (Å²) in [5, 5.41) is 10.3. The Kier molecular flexibility index (Phi) is 4.38. The van der Waals surface area contributed by atoms with Gasteiger partial charge in [0.25, 0.3) is 0 Å². The smallest absolute Gasteiger partial charge is 0.0812 e. The summed E-state index contributed by atoms with van der Waals surface area (Å²) in [5.74, 6) is 0. The molecule has 1 N–H and O–H groups in total. The van der Waals surface area contributed by atoms with E-state index in [-0.39, 0.29) is 11.5 Å². The Morgan fingerprint density at radius 3 is 2.81 bits per heavy atom. The fraction of sp³-hybridized carbons (Fsp3) is 0.765. The lowest BCUT2D eigenvalue weighted by atomic mass is 9.75. The van der Waals surface area contributed by atoms with Crippen molar-refractivity contribution in [3.63, 3.8) is 0 Å². The first kappa shape index (κ1) is 15.1. The van der Waals surface area contributed by atoms with Gasteiger partial charge < -0.3 is 14.4 Å². The molecule has 1 atom stereocenters. The Morgan fingerprint density at radius 2 is 2.05 bits per heavy atom. The largest absolute Gasteiger partial charge is 0.388 e. The molecule has 4 heteroatoms. The molecule has 1 aliphatic carbocycles. The molecule has 1 unspecified atom stereocenters. The minimum absolute atomic E-state index is 0.201. The zero-order chi connectivity index (χ0) is 14.9. The number of rotatable bonds is 4. The molecule has 2 aliphatic rings. The Labute approximate surface area is 127 Å². The highest BCUT2D eigenvalue weighted by atomic mass is 16.5. The second kappa shape index (κ2) is 6.11. The van der Waals surface area contributed by atoms with Crippen LogP contribution in [0.4, 0.5) is 0 Å². The third-order valence-corrected chi connectivity index (χ3v) is 4.84. The van der Waals surface area contributed by atoms with Crippen LogP contribution in [0.3, 0.4) is 0 Å². The molecule has 0 spiro atoms. The molecule has 118 valence electrons. The van der Waals surface area contributed by atoms with Gasteiger partial charge in [-0.15, -0.1) is 0 Å². The minimum atomic E-state index is -0.288. The van der Waals surface area contributed by atoms with Gasteiger partial charge in [0.15, 0.2) is 0 Å². The zero-order valence-corrected chi connectivity index (χ0v) is 13.3. The van der Waals surface area contributed by atoms with Crippen molar-refractivity contribution in [2.75, 3.05) is 32.8 Å². The molecule has 0 radical (unpaired) electrons. The van der Waals surface area contributed by atoms with Crippen LogP contribution in [0.15, 0.2) is 12.3 Å². The molecule has 1 aromatic heterocycles. The van der Waals surface area contributed by atoms with Crippen LogP contribution in [0.1, 0.15) is 44.1 Å². The molecule has 1 fully saturated rings. The molecule has 1 aliphatic heterocycles. The van der Waals surface area contributed by atoms with Crippen molar-refractivity contribution in [2.24, 2.45) is 5.41 Å². The average Bonchev–Trinajstić information content (AvgIpc) is 2.82. The van der Waals surface area contributed by atoms with E-state index in [2.05, 4.69) is 35.6 Å². The third-order valence-electron chi connectivity index (χ3n) is 4.84. The van der Waals surface area contributed by atoms with E-state index in [1.165, 1.54) is 5.69 Å². The first-order valence-corrected chi connectivity index (χ1v) is 8.21. The van der Waals surface area contributed by atoms with Crippen LogP contribution in [-0.2, 0) is 17.7 Å². The Morgan fingerprint density at radius 1 is 1.29 bits per heavy atom. The van der Waals surface area contributed by atoms with E-state index in [1.807, 2.05) is 0 Å². The monoisotopic (exact) mass is 292 g/mol. The number of ether oxygens (including phenoxy) is 1. The molecule has 1 aromatic rings. The summed E-state index contributed by atoms with van der Waals surface area (Å²) in [6.07, 6.45) is 4.98. The lowest BCUT2D eigenvalue weighted by Crippen LogP contribution is -2.37. The van der Waals surface area contributed by atoms with Gasteiger partial charge in [-0.2, -0.15) is 0 Å². The first-order valence-electron chi connectivity index (χ1n) is 8.21. The Hall–Kier alpha value is -0.840. The van der Waals surface area contributed by atoms with Crippen molar-refractivity contribution < 1.29 is 9.84 Å². The van der Waals surface area contributed by atoms with Gasteiger partial charge in [-0.05, 0) is 30.7 Å². The second-order valence-corrected chi connectivity index (χ2v) is 7.28. The molecule has 2 heterocycles. The first-order chi connectivity index (χ1) is 10.1. The molecule has 21 heavy (non-hydrogen) atoms. The highest BCUT2D eigenvalue weighted by molar-refractivity contribution is 5.29. The van der Waals surface area contributed by atoms with Gasteiger partial charge in [-0.3, -0.25) is 4.90 Å². The van der Waals surface area contributed by atoms with E-state index >= 15 is 0 Å². The van der Waals surface area contributed by atoms with E-state index in [1.54, 1.807) is 0 Å². The summed E-state index contributed by atoms with van der Waals surface area (Å²) in [6.45, 7) is 10.6. The maximum absolute atomic E-state index is 10.3. The highest BCUT2D eigenvalue weighted by Crippen LogP contribution is 2.41. The van der Waals surface area contributed by atoms with Gasteiger partial charge in [-0.25, -0.2) is 0 Å². The summed E-state index contributed by atoms with van der Waals surface area (Å²) < 4.78 is 7.75. The van der Waals surface area contributed by atoms with E-state index in [0.29, 0.717) is 0 Å². The number of hydrogen-bond donors (Lipinski definition) is 1. The van der Waals surface area contributed by atoms with E-state index < -0.39 is 0 Å². The maximum atomic E-state index is 10.3. The van der Waals surface area contributed by atoms with Crippen molar-refractivity contribution in [3.05, 3.63) is 23.5 Å². The van der Waals surface area contributed by atoms with Gasteiger partial charge in [0, 0.05) is 43.6 Å². The number of morpholine rings is 1. The number of aromatic nitrogens is 1. The van der Waals surface area contributed by atoms with E-state index in [0.717, 1.165) is 64.2 Å². The minimum Gasteiger partial charge on any atom is -0.388 e. The molecular weight excluding hydrogens is 264 g/mol. The van der Waals surface area contributed by atoms with Gasteiger partial charge in [0.05, 0.1) is 19.3 Å². The molecule has 0 bridgehead atoms. The van der Waals surface area contributed by atoms with Crippen LogP contribution in [0, 0.1) is 5.41 Å². The van der Waals surface area contributed by atoms with Gasteiger partial charge in [0.2, 0.25) is 0 Å². The van der Waals surface area contributed by atoms with Crippen LogP contribution in [0.5, 0.6) is 0 Å². The maximum Gasteiger partial charge on any atom is 0.0812 e. The second-order valence-electron chi connectivity index (χ2n) is 7.28. The summed E-state index contributed by atoms with van der Waals surface area (Å²) in [7, 11) is 0. The average molecular weight is 292 g/mol. The number of nitrogens with zero attached hydrogens (tertiary/aromatic N) is 2. The number of aliphatic hydroxyl groups is 1. The van der Waals surface area contributed by atoms with Crippen molar-refractivity contribution >= 4 is 0 Å². The van der Waals surface area contributed by atoms with E-state index in [4.69, 9.17) is 4.74 Å². The highest BCUT2D eigenvalue weighted by Gasteiger charge is 2.33. The Bertz CT molecular complexity index is 475. The molecular formula is C17H28N2O2. The molecule has 1 saturated heterocycles. The molecule has 3 rings (SSSR count). The van der Waals surface area contributed by atoms with E-state index in [9.17, 15) is 5.11 Å². The quantitative estimate of drug-likeness (QED) is 0.924. The van der Waals surface area contributed by atoms with Crippen LogP contribution in [0.2, 0.25) is 0 Å². The fourth-order valence-electron chi connectivity index (χ4n) is 3.69. The normalized spacial score (nSPS) is 25.8. The van der Waals surface area contributed by atoms with Crippen molar-refractivity contribution in [3.8, 4) is 0 Å². The molecule has 0 saturated carbocycles. The predicted molar refractivity (Wildman–Crippen MR) is 83.4 cm³/mol. The standard InChI is InChI=1S/C17H28N2O2/c1-17(2)12-15-14(16(20)13-17)4-7-19(15)6-3-5-18-8-10-21-11-9-18/h4,7,16,20H,3,5-6,8-13H2,1-2H3. The topological polar surface area (TPSA) is 37.6 Å². The lowest BCUT2D eigenvalue weighted by molar-refractivity contribution is 0.0368. The van der Waals surface area contributed by atoms with Gasteiger partial charge in [-0.1, -0.05) is 13.8 Å². The summed E-state index contributed by atoms with van der Waals surface area (Å²) in [4.78, 5) is 2.48. The molecule has 4 nitrogen and oxygen atoms in total. The van der Waals surface area contributed by atoms with Crippen LogP contribution in [-0.4, -0.2) is 47.4 Å². The molecule has 0 amide bonds. The van der Waals surface area contributed by atoms with Crippen LogP contribution < -0.4 is 0 Å². The van der Waals surface area contributed by atoms with Crippen molar-refractivity contribution in [1.29, 1.82) is 0 Å². The van der Waals surface area contributed by atoms with Gasteiger partial charge >= 0.3 is 0 Å². The van der Waals surface area contributed by atoms with Crippen molar-refractivity contribution in [2.45, 2.75) is 45.8 Å². The fourth-order valence-corrected chi connectivity index (χ4v) is 3.69. The van der Waals surface area contributed by atoms with Crippen LogP contribution >= 0.6 is 0 Å². The SMILES string of the molecule is CC1(C)Cc2c(ccn2CCCN2CCOCC2)C(O)C1. The van der Waals surface area contributed by atoms with Gasteiger partial charge in [0.1, 0.15) is 0 Å². The van der Waals surface area contributed by atoms with Crippen molar-refractivity contribution in [1.82, 2.24) is 9.47 Å². The lowest BCUT2D eigenvalue weighted by Gasteiger charge is -2.34. The number of aliphatic hydroxyl groups excluding tert-OH is 1. The summed E-state index contributed by atoms with van der Waals surface area (Å²) in [5.41, 5.74) is 2.70. The zero-order valence-electron chi connectivity index (χ0n) is 13.3. The van der Waals surface area contributed by atoms with Crippen LogP contribution in [0.25, 0.3) is 0 Å². The summed E-state index contributed by atoms with van der Waals surface area (Å²) in [6, 6.07) is 2.12. The predicted octanol–water partition coefficient (Wildman–Crippen LogP) is 2.22. The summed E-state index contributed by atoms with van der Waals surface area (Å²) >= 11 is 0. The Balaban J connectivity index is 1.59. The molecule has 0 aromatic carbocycles. The number of aryl methyl sites for hydroxylation is 1.